The summed E-state index contributed by atoms with van der Waals surface area (Å²) in [4.78, 5) is 43.3. The summed E-state index contributed by atoms with van der Waals surface area (Å²) in [5.41, 5.74) is -0.00794. The minimum atomic E-state index is -1.13. The molecule has 3 rings (SSSR count). The van der Waals surface area contributed by atoms with E-state index in [2.05, 4.69) is 18.8 Å². The molecular weight excluding hydrogens is 464 g/mol. The molecule has 1 aliphatic heterocycles. The molecule has 7 nitrogen and oxygen atoms in total. The maximum Gasteiger partial charge on any atom is 0.348 e. The third-order valence-electron chi connectivity index (χ3n) is 6.85. The molecule has 1 saturated carbocycles. The average molecular weight is 503 g/mol. The quantitative estimate of drug-likeness (QED) is 0.583. The van der Waals surface area contributed by atoms with E-state index in [1.54, 1.807) is 17.9 Å². The van der Waals surface area contributed by atoms with Gasteiger partial charge < -0.3 is 15.1 Å². The number of carbonyl (C=O) groups excluding carboxylic acids is 2. The van der Waals surface area contributed by atoms with Crippen LogP contribution in [0.4, 0.5) is 5.69 Å². The van der Waals surface area contributed by atoms with Crippen molar-refractivity contribution in [1.29, 1.82) is 0 Å². The fourth-order valence-electron chi connectivity index (χ4n) is 4.71. The lowest BCUT2D eigenvalue weighted by Gasteiger charge is -2.37. The van der Waals surface area contributed by atoms with Crippen molar-refractivity contribution in [1.82, 2.24) is 4.90 Å². The van der Waals surface area contributed by atoms with Gasteiger partial charge in [0.1, 0.15) is 10.9 Å². The summed E-state index contributed by atoms with van der Waals surface area (Å²) in [5, 5.41) is 19.8. The molecule has 1 saturated heterocycles. The van der Waals surface area contributed by atoms with Crippen molar-refractivity contribution in [2.24, 2.45) is 17.3 Å². The summed E-state index contributed by atoms with van der Waals surface area (Å²) in [7, 11) is 0. The molecule has 0 spiro atoms. The smallest absolute Gasteiger partial charge is 0.348 e. The second-order valence-electron chi connectivity index (χ2n) is 11.0. The van der Waals surface area contributed by atoms with E-state index in [1.165, 1.54) is 4.90 Å². The van der Waals surface area contributed by atoms with E-state index in [4.69, 9.17) is 0 Å². The fraction of sp³-hybridized carbons (Fsp3) is 0.667. The van der Waals surface area contributed by atoms with Gasteiger partial charge in [-0.25, -0.2) is 4.79 Å². The van der Waals surface area contributed by atoms with Gasteiger partial charge in [-0.05, 0) is 78.2 Å². The zero-order chi connectivity index (χ0) is 25.9. The molecule has 0 aromatic carbocycles. The van der Waals surface area contributed by atoms with E-state index in [1.807, 2.05) is 20.8 Å². The highest BCUT2D eigenvalue weighted by Crippen LogP contribution is 2.36. The number of rotatable bonds is 5. The monoisotopic (exact) mass is 502 g/mol. The number of piperidine rings is 1. The summed E-state index contributed by atoms with van der Waals surface area (Å²) in [6, 6.07) is 0.799. The number of aliphatic hydroxyl groups excluding tert-OH is 1. The van der Waals surface area contributed by atoms with Crippen molar-refractivity contribution in [3.63, 3.8) is 0 Å². The van der Waals surface area contributed by atoms with Crippen LogP contribution >= 0.6 is 11.3 Å². The van der Waals surface area contributed by atoms with Crippen molar-refractivity contribution in [3.05, 3.63) is 15.8 Å². The third-order valence-corrected chi connectivity index (χ3v) is 7.88. The number of carboxylic acid groups (broad SMARTS) is 1. The van der Waals surface area contributed by atoms with Gasteiger partial charge in [0.25, 0.3) is 0 Å². The van der Waals surface area contributed by atoms with E-state index in [0.717, 1.165) is 37.0 Å². The first-order chi connectivity index (χ1) is 16.4. The van der Waals surface area contributed by atoms with Gasteiger partial charge in [0.15, 0.2) is 0 Å². The summed E-state index contributed by atoms with van der Waals surface area (Å²) >= 11 is 1.04. The lowest BCUT2D eigenvalue weighted by atomic mass is 9.82. The Labute approximate surface area is 212 Å². The van der Waals surface area contributed by atoms with Crippen LogP contribution in [-0.4, -0.2) is 58.1 Å². The molecular formula is C27H38N2O5S. The molecule has 35 heavy (non-hydrogen) atoms. The average Bonchev–Trinajstić information content (AvgIpc) is 3.22. The first-order valence-corrected chi connectivity index (χ1v) is 13.4. The molecule has 1 aromatic rings. The highest BCUT2D eigenvalue weighted by Gasteiger charge is 2.38. The molecule has 1 aliphatic carbocycles. The Morgan fingerprint density at radius 1 is 1.11 bits per heavy atom. The molecule has 0 unspecified atom stereocenters. The fourth-order valence-corrected chi connectivity index (χ4v) is 5.55. The van der Waals surface area contributed by atoms with Crippen LogP contribution in [0.15, 0.2) is 6.07 Å². The number of likely N-dealkylation sites (tertiary alicyclic amines) is 1. The van der Waals surface area contributed by atoms with Crippen LogP contribution in [0.5, 0.6) is 0 Å². The minimum Gasteiger partial charge on any atom is -0.477 e. The summed E-state index contributed by atoms with van der Waals surface area (Å²) in [6.45, 7) is 10.6. The molecule has 0 radical (unpaired) electrons. The second-order valence-corrected chi connectivity index (χ2v) is 12.1. The lowest BCUT2D eigenvalue weighted by molar-refractivity contribution is -0.136. The molecule has 1 atom stereocenters. The Hall–Kier alpha value is -2.37. The first kappa shape index (κ1) is 27.2. The lowest BCUT2D eigenvalue weighted by Crippen LogP contribution is -2.53. The van der Waals surface area contributed by atoms with Gasteiger partial charge in [0, 0.05) is 24.4 Å². The largest absolute Gasteiger partial charge is 0.477 e. The Morgan fingerprint density at radius 2 is 1.71 bits per heavy atom. The highest BCUT2D eigenvalue weighted by atomic mass is 32.1. The number of nitrogens with zero attached hydrogens (tertiary/aromatic N) is 2. The zero-order valence-electron chi connectivity index (χ0n) is 21.5. The van der Waals surface area contributed by atoms with Crippen LogP contribution in [0, 0.1) is 29.1 Å². The van der Waals surface area contributed by atoms with E-state index in [0.29, 0.717) is 36.7 Å². The van der Waals surface area contributed by atoms with Gasteiger partial charge in [-0.2, -0.15) is 0 Å². The van der Waals surface area contributed by atoms with Gasteiger partial charge >= 0.3 is 5.97 Å². The van der Waals surface area contributed by atoms with Gasteiger partial charge in [0.2, 0.25) is 11.8 Å². The number of amides is 2. The van der Waals surface area contributed by atoms with Crippen LogP contribution in [0.3, 0.4) is 0 Å². The van der Waals surface area contributed by atoms with Gasteiger partial charge in [-0.3, -0.25) is 14.5 Å². The topological polar surface area (TPSA) is 98.2 Å². The maximum absolute atomic E-state index is 13.9. The van der Waals surface area contributed by atoms with Crippen molar-refractivity contribution >= 4 is 34.8 Å². The SMILES string of the molecule is CC1CCC(C(=O)N(c2cc(C#CC(C)(C)C)sc2C(=O)O)[C@@H](C)C(=O)N2CCC(O)CC2)CC1. The maximum atomic E-state index is 13.9. The summed E-state index contributed by atoms with van der Waals surface area (Å²) < 4.78 is 0. The number of anilines is 1. The number of aliphatic hydroxyl groups is 1. The van der Waals surface area contributed by atoms with Crippen LogP contribution in [-0.2, 0) is 9.59 Å². The van der Waals surface area contributed by atoms with Crippen molar-refractivity contribution < 1.29 is 24.6 Å². The van der Waals surface area contributed by atoms with Gasteiger partial charge in [-0.1, -0.05) is 18.8 Å². The Bertz CT molecular complexity index is 999. The van der Waals surface area contributed by atoms with E-state index >= 15 is 0 Å². The van der Waals surface area contributed by atoms with Crippen LogP contribution in [0.2, 0.25) is 0 Å². The summed E-state index contributed by atoms with van der Waals surface area (Å²) in [6.07, 6.45) is 3.92. The normalized spacial score (nSPS) is 22.2. The molecule has 0 bridgehead atoms. The minimum absolute atomic E-state index is 0.0226. The Kier molecular flexibility index (Phi) is 8.66. The van der Waals surface area contributed by atoms with E-state index in [-0.39, 0.29) is 33.7 Å². The van der Waals surface area contributed by atoms with Gasteiger partial charge in [0.05, 0.1) is 16.7 Å². The standard InChI is InChI=1S/C27H38N2O5S/c1-17-6-8-19(9-7-17)25(32)29(18(2)24(31)28-14-11-20(30)12-15-28)22-16-21(10-13-27(3,4)5)35-23(22)26(33)34/h16-20,30H,6-9,11-12,14-15H2,1-5H3,(H,33,34)/t17?,18-,19?/m0/s1. The van der Waals surface area contributed by atoms with Crippen LogP contribution < -0.4 is 4.90 Å². The number of hydrogen-bond donors (Lipinski definition) is 2. The number of carbonyl (C=O) groups is 3. The molecule has 192 valence electrons. The number of thiophene rings is 1. The van der Waals surface area contributed by atoms with Gasteiger partial charge in [-0.15, -0.1) is 11.3 Å². The van der Waals surface area contributed by atoms with Crippen molar-refractivity contribution in [2.45, 2.75) is 85.3 Å². The molecule has 2 fully saturated rings. The van der Waals surface area contributed by atoms with Crippen molar-refractivity contribution in [3.8, 4) is 11.8 Å². The summed E-state index contributed by atoms with van der Waals surface area (Å²) in [5.74, 6) is 4.96. The number of aromatic carboxylic acids is 1. The zero-order valence-corrected chi connectivity index (χ0v) is 22.3. The van der Waals surface area contributed by atoms with E-state index < -0.39 is 18.1 Å². The predicted octanol–water partition coefficient (Wildman–Crippen LogP) is 4.38. The number of carboxylic acids is 1. The molecule has 2 heterocycles. The molecule has 2 amide bonds. The Morgan fingerprint density at radius 3 is 2.26 bits per heavy atom. The first-order valence-electron chi connectivity index (χ1n) is 12.6. The van der Waals surface area contributed by atoms with Crippen LogP contribution in [0.1, 0.15) is 87.7 Å². The van der Waals surface area contributed by atoms with Crippen molar-refractivity contribution in [2.75, 3.05) is 18.0 Å². The van der Waals surface area contributed by atoms with E-state index in [9.17, 15) is 24.6 Å². The second kappa shape index (κ2) is 11.1. The Balaban J connectivity index is 2.01. The molecule has 2 N–H and O–H groups in total. The molecule has 1 aromatic heterocycles. The third kappa shape index (κ3) is 6.86. The van der Waals surface area contributed by atoms with Crippen LogP contribution in [0.25, 0.3) is 0 Å². The molecule has 2 aliphatic rings. The molecule has 8 heteroatoms. The highest BCUT2D eigenvalue weighted by molar-refractivity contribution is 7.15. The predicted molar refractivity (Wildman–Crippen MR) is 138 cm³/mol. The number of hydrogen-bond acceptors (Lipinski definition) is 5.